The molecule has 0 fully saturated rings. The number of benzene rings is 1. The number of carbonyl (C=O) groups is 1. The number of furan rings is 1. The third-order valence-electron chi connectivity index (χ3n) is 2.44. The van der Waals surface area contributed by atoms with Gasteiger partial charge in [0.2, 0.25) is 0 Å². The van der Waals surface area contributed by atoms with Gasteiger partial charge in [-0.15, -0.1) is 0 Å². The molecule has 0 aliphatic rings. The van der Waals surface area contributed by atoms with Crippen LogP contribution in [0.5, 0.6) is 0 Å². The first kappa shape index (κ1) is 12.5. The first-order valence-electron chi connectivity index (χ1n) is 5.40. The van der Waals surface area contributed by atoms with E-state index in [0.29, 0.717) is 17.3 Å². The van der Waals surface area contributed by atoms with E-state index in [2.05, 4.69) is 0 Å². The number of carboxylic acid groups (broad SMARTS) is 1. The molecule has 1 heterocycles. The van der Waals surface area contributed by atoms with Gasteiger partial charge in [0.05, 0.1) is 12.8 Å². The normalized spacial score (nSPS) is 10.3. The quantitative estimate of drug-likeness (QED) is 0.903. The van der Waals surface area contributed by atoms with Gasteiger partial charge in [0, 0.05) is 10.7 Å². The highest BCUT2D eigenvalue weighted by atomic mass is 35.5. The summed E-state index contributed by atoms with van der Waals surface area (Å²) in [4.78, 5) is 12.6. The van der Waals surface area contributed by atoms with Crippen molar-refractivity contribution in [2.45, 2.75) is 6.54 Å². The summed E-state index contributed by atoms with van der Waals surface area (Å²) in [5.41, 5.74) is 0.790. The third kappa shape index (κ3) is 3.28. The molecular weight excluding hydrogens is 254 g/mol. The van der Waals surface area contributed by atoms with Gasteiger partial charge in [0.15, 0.2) is 0 Å². The molecule has 0 unspecified atom stereocenters. The Bertz CT molecular complexity index is 508. The molecule has 2 rings (SSSR count). The molecule has 18 heavy (non-hydrogen) atoms. The monoisotopic (exact) mass is 265 g/mol. The maximum absolute atomic E-state index is 10.9. The zero-order valence-corrected chi connectivity index (χ0v) is 10.3. The number of anilines is 1. The van der Waals surface area contributed by atoms with Gasteiger partial charge in [-0.1, -0.05) is 11.6 Å². The predicted octanol–water partition coefficient (Wildman–Crippen LogP) is 3.02. The Morgan fingerprint density at radius 2 is 2.00 bits per heavy atom. The van der Waals surface area contributed by atoms with E-state index in [9.17, 15) is 4.79 Å². The summed E-state index contributed by atoms with van der Waals surface area (Å²) < 4.78 is 5.23. The van der Waals surface area contributed by atoms with E-state index < -0.39 is 5.97 Å². The molecule has 5 heteroatoms. The third-order valence-corrected chi connectivity index (χ3v) is 2.70. The fraction of sp³-hybridized carbons (Fsp3) is 0.154. The lowest BCUT2D eigenvalue weighted by Gasteiger charge is -2.21. The lowest BCUT2D eigenvalue weighted by atomic mass is 10.2. The second-order valence-corrected chi connectivity index (χ2v) is 4.24. The number of halogens is 1. The second-order valence-electron chi connectivity index (χ2n) is 3.81. The molecule has 0 atom stereocenters. The Balaban J connectivity index is 2.19. The minimum Gasteiger partial charge on any atom is -0.480 e. The minimum atomic E-state index is -0.892. The Kier molecular flexibility index (Phi) is 3.89. The number of nitrogens with zero attached hydrogens (tertiary/aromatic N) is 1. The summed E-state index contributed by atoms with van der Waals surface area (Å²) in [5, 5.41) is 9.55. The fourth-order valence-electron chi connectivity index (χ4n) is 1.64. The van der Waals surface area contributed by atoms with E-state index in [0.717, 1.165) is 5.69 Å². The zero-order chi connectivity index (χ0) is 13.0. The maximum Gasteiger partial charge on any atom is 0.323 e. The zero-order valence-electron chi connectivity index (χ0n) is 9.54. The molecule has 94 valence electrons. The van der Waals surface area contributed by atoms with E-state index in [1.165, 1.54) is 0 Å². The van der Waals surface area contributed by atoms with Crippen LogP contribution in [0.2, 0.25) is 5.02 Å². The molecule has 1 aromatic heterocycles. The smallest absolute Gasteiger partial charge is 0.323 e. The van der Waals surface area contributed by atoms with Crippen LogP contribution in [0, 0.1) is 0 Å². The molecule has 1 N–H and O–H groups in total. The van der Waals surface area contributed by atoms with E-state index in [4.69, 9.17) is 21.1 Å². The molecule has 0 amide bonds. The Hall–Kier alpha value is -1.94. The van der Waals surface area contributed by atoms with E-state index in [1.807, 2.05) is 6.07 Å². The molecular formula is C13H12ClNO3. The van der Waals surface area contributed by atoms with Crippen molar-refractivity contribution in [1.82, 2.24) is 0 Å². The largest absolute Gasteiger partial charge is 0.480 e. The molecule has 4 nitrogen and oxygen atoms in total. The van der Waals surface area contributed by atoms with E-state index in [-0.39, 0.29) is 6.54 Å². The van der Waals surface area contributed by atoms with Crippen molar-refractivity contribution >= 4 is 23.3 Å². The van der Waals surface area contributed by atoms with Gasteiger partial charge >= 0.3 is 5.97 Å². The molecule has 2 aromatic rings. The van der Waals surface area contributed by atoms with Gasteiger partial charge in [-0.25, -0.2) is 0 Å². The van der Waals surface area contributed by atoms with E-state index in [1.54, 1.807) is 41.5 Å². The van der Waals surface area contributed by atoms with Crippen LogP contribution in [0.3, 0.4) is 0 Å². The van der Waals surface area contributed by atoms with Crippen molar-refractivity contribution in [3.63, 3.8) is 0 Å². The summed E-state index contributed by atoms with van der Waals surface area (Å²) in [6.45, 7) is 0.309. The van der Waals surface area contributed by atoms with Crippen LogP contribution in [-0.2, 0) is 11.3 Å². The lowest BCUT2D eigenvalue weighted by Crippen LogP contribution is -2.28. The number of carboxylic acids is 1. The Morgan fingerprint density at radius 3 is 2.56 bits per heavy atom. The Labute approximate surface area is 109 Å². The number of rotatable bonds is 5. The van der Waals surface area contributed by atoms with Crippen molar-refractivity contribution in [2.75, 3.05) is 11.4 Å². The van der Waals surface area contributed by atoms with Gasteiger partial charge in [0.25, 0.3) is 0 Å². The molecule has 0 spiro atoms. The van der Waals surface area contributed by atoms with Gasteiger partial charge in [-0.05, 0) is 36.4 Å². The van der Waals surface area contributed by atoms with Crippen molar-refractivity contribution < 1.29 is 14.3 Å². The predicted molar refractivity (Wildman–Crippen MR) is 68.8 cm³/mol. The standard InChI is InChI=1S/C13H12ClNO3/c14-10-3-5-11(6-4-10)15(9-13(16)17)8-12-2-1-7-18-12/h1-7H,8-9H2,(H,16,17). The summed E-state index contributed by atoms with van der Waals surface area (Å²) in [6, 6.07) is 10.6. The van der Waals surface area contributed by atoms with Gasteiger partial charge in [0.1, 0.15) is 12.3 Å². The topological polar surface area (TPSA) is 53.7 Å². The molecule has 0 radical (unpaired) electrons. The van der Waals surface area contributed by atoms with Crippen molar-refractivity contribution in [3.05, 3.63) is 53.4 Å². The number of hydrogen-bond acceptors (Lipinski definition) is 3. The van der Waals surface area contributed by atoms with Gasteiger partial charge in [-0.2, -0.15) is 0 Å². The van der Waals surface area contributed by atoms with Gasteiger partial charge in [-0.3, -0.25) is 4.79 Å². The highest BCUT2D eigenvalue weighted by Crippen LogP contribution is 2.20. The summed E-state index contributed by atoms with van der Waals surface area (Å²) >= 11 is 5.81. The molecule has 0 aliphatic heterocycles. The van der Waals surface area contributed by atoms with Crippen LogP contribution in [0.1, 0.15) is 5.76 Å². The SMILES string of the molecule is O=C(O)CN(Cc1ccco1)c1ccc(Cl)cc1. The average molecular weight is 266 g/mol. The molecule has 1 aromatic carbocycles. The van der Waals surface area contributed by atoms with Crippen LogP contribution in [0.4, 0.5) is 5.69 Å². The van der Waals surface area contributed by atoms with Crippen LogP contribution < -0.4 is 4.90 Å². The summed E-state index contributed by atoms with van der Waals surface area (Å²) in [6.07, 6.45) is 1.57. The number of hydrogen-bond donors (Lipinski definition) is 1. The van der Waals surface area contributed by atoms with Crippen LogP contribution in [0.15, 0.2) is 47.1 Å². The highest BCUT2D eigenvalue weighted by Gasteiger charge is 2.12. The summed E-state index contributed by atoms with van der Waals surface area (Å²) in [5.74, 6) is -0.178. The molecule has 0 saturated heterocycles. The fourth-order valence-corrected chi connectivity index (χ4v) is 1.77. The van der Waals surface area contributed by atoms with Crippen LogP contribution >= 0.6 is 11.6 Å². The first-order valence-corrected chi connectivity index (χ1v) is 5.77. The Morgan fingerprint density at radius 1 is 1.28 bits per heavy atom. The maximum atomic E-state index is 10.9. The minimum absolute atomic E-state index is 0.0949. The van der Waals surface area contributed by atoms with Crippen LogP contribution in [-0.4, -0.2) is 17.6 Å². The summed E-state index contributed by atoms with van der Waals surface area (Å²) in [7, 11) is 0. The van der Waals surface area contributed by atoms with Crippen molar-refractivity contribution in [1.29, 1.82) is 0 Å². The molecule has 0 aliphatic carbocycles. The van der Waals surface area contributed by atoms with Crippen molar-refractivity contribution in [3.8, 4) is 0 Å². The van der Waals surface area contributed by atoms with E-state index >= 15 is 0 Å². The number of aliphatic carboxylic acids is 1. The average Bonchev–Trinajstić information content (AvgIpc) is 2.81. The highest BCUT2D eigenvalue weighted by molar-refractivity contribution is 6.30. The van der Waals surface area contributed by atoms with Gasteiger partial charge < -0.3 is 14.4 Å². The molecule has 0 bridgehead atoms. The van der Waals surface area contributed by atoms with Crippen molar-refractivity contribution in [2.24, 2.45) is 0 Å². The first-order chi connectivity index (χ1) is 8.65. The van der Waals surface area contributed by atoms with Crippen LogP contribution in [0.25, 0.3) is 0 Å². The lowest BCUT2D eigenvalue weighted by molar-refractivity contribution is -0.135. The second kappa shape index (κ2) is 5.60. The molecule has 0 saturated carbocycles.